The molecule has 0 atom stereocenters. The van der Waals surface area contributed by atoms with E-state index in [1.165, 1.54) is 6.92 Å². The summed E-state index contributed by atoms with van der Waals surface area (Å²) in [5.74, 6) is -57.4. The van der Waals surface area contributed by atoms with Crippen LogP contribution in [-0.2, 0) is 19.1 Å². The Morgan fingerprint density at radius 1 is 0.343 bits per heavy atom. The number of Topliss-reactive ketones (excluding diaryl/α,β-unsaturated/α-hetero) is 1. The lowest BCUT2D eigenvalue weighted by molar-refractivity contribution is -0.113. The molecule has 1 fully saturated rings. The van der Waals surface area contributed by atoms with Gasteiger partial charge in [-0.25, -0.2) is 115 Å². The number of esters is 2. The highest BCUT2D eigenvalue weighted by molar-refractivity contribution is 6.14. The van der Waals surface area contributed by atoms with Crippen molar-refractivity contribution >= 4 is 81.9 Å². The summed E-state index contributed by atoms with van der Waals surface area (Å²) in [6, 6.07) is 0. The van der Waals surface area contributed by atoms with Gasteiger partial charge in [-0.05, 0) is 88.4 Å². The highest BCUT2D eigenvalue weighted by atomic mass is 19.2. The van der Waals surface area contributed by atoms with Crippen LogP contribution in [0.1, 0.15) is 62.7 Å². The van der Waals surface area contributed by atoms with E-state index in [0.29, 0.717) is 24.3 Å². The number of rotatable bonds is 17. The molecule has 0 aliphatic heterocycles. The number of nitrogens with zero attached hydrogens (tertiary/aromatic N) is 18. The maximum Gasteiger partial charge on any atom is 0.344 e. The van der Waals surface area contributed by atoms with Crippen molar-refractivity contribution in [3.63, 3.8) is 0 Å². The highest BCUT2D eigenvalue weighted by Gasteiger charge is 2.35. The number of ether oxygens (including phenoxy) is 2. The van der Waals surface area contributed by atoms with Crippen LogP contribution in [0.4, 0.5) is 139 Å². The normalized spacial score (nSPS) is 13.1. The topological polar surface area (TPSA) is 379 Å². The maximum absolute atomic E-state index is 14.4. The molecule has 0 aromatic heterocycles. The molecule has 6 aromatic carbocycles. The summed E-state index contributed by atoms with van der Waals surface area (Å²) in [4.78, 5) is 60.1. The molecule has 0 unspecified atom stereocenters. The molecule has 0 amide bonds. The molecule has 6 aromatic rings. The quantitative estimate of drug-likeness (QED) is 0.0125. The van der Waals surface area contributed by atoms with Crippen LogP contribution in [-0.4, -0.2) is 36.7 Å². The number of benzene rings is 6. The van der Waals surface area contributed by atoms with Crippen LogP contribution in [0.5, 0.6) is 0 Å². The van der Waals surface area contributed by atoms with Crippen LogP contribution in [0.25, 0.3) is 87.0 Å². The fourth-order valence-electron chi connectivity index (χ4n) is 8.10. The molecule has 0 saturated heterocycles. The number of azide groups is 6. The van der Waals surface area contributed by atoms with E-state index in [4.69, 9.17) is 33.2 Å². The minimum Gasteiger partial charge on any atom is -0.458 e. The van der Waals surface area contributed by atoms with Crippen LogP contribution >= 0.6 is 0 Å². The van der Waals surface area contributed by atoms with Crippen molar-refractivity contribution < 1.29 is 134 Å². The summed E-state index contributed by atoms with van der Waals surface area (Å²) < 4.78 is 343. The second-order valence-corrected chi connectivity index (χ2v) is 18.7. The minimum absolute atomic E-state index is 0.195. The van der Waals surface area contributed by atoms with Crippen molar-refractivity contribution in [1.82, 2.24) is 0 Å². The van der Waals surface area contributed by atoms with E-state index in [1.807, 2.05) is 19.6 Å². The average Bonchev–Trinajstić information content (AvgIpc) is 0.802. The van der Waals surface area contributed by atoms with Gasteiger partial charge in [-0.1, -0.05) is 37.6 Å². The van der Waals surface area contributed by atoms with E-state index in [1.54, 1.807) is 0 Å². The predicted molar refractivity (Wildman–Crippen MR) is 293 cm³/mol. The Balaban J connectivity index is 0.000000276. The molecule has 24 nitrogen and oxygen atoms in total. The largest absolute Gasteiger partial charge is 0.458 e. The third-order valence-electron chi connectivity index (χ3n) is 12.6. The zero-order valence-electron chi connectivity index (χ0n) is 48.4. The van der Waals surface area contributed by atoms with E-state index in [-0.39, 0.29) is 25.0 Å². The molecular formula is C54H18F24N18O6. The van der Waals surface area contributed by atoms with Gasteiger partial charge in [0.2, 0.25) is 0 Å². The molecule has 1 aliphatic carbocycles. The van der Waals surface area contributed by atoms with Gasteiger partial charge in [0.25, 0.3) is 0 Å². The average molecular weight is 1470 g/mol. The number of allylic oxidation sites excluding steroid dienone is 4. The van der Waals surface area contributed by atoms with Gasteiger partial charge in [0.1, 0.15) is 58.5 Å². The Bertz CT molecular complexity index is 4580. The lowest BCUT2D eigenvalue weighted by atomic mass is 9.80. The first-order valence-corrected chi connectivity index (χ1v) is 25.7. The van der Waals surface area contributed by atoms with Gasteiger partial charge in [-0.2, -0.15) is 0 Å². The minimum atomic E-state index is -2.29. The summed E-state index contributed by atoms with van der Waals surface area (Å²) >= 11 is 0. The molecule has 1 saturated carbocycles. The van der Waals surface area contributed by atoms with Gasteiger partial charge < -0.3 is 9.47 Å². The molecule has 0 heterocycles. The molecule has 528 valence electrons. The van der Waals surface area contributed by atoms with E-state index in [2.05, 4.69) is 50.0 Å². The second-order valence-electron chi connectivity index (χ2n) is 18.7. The first kappa shape index (κ1) is 79.4. The fraction of sp³-hybridized carbons (Fsp3) is 0.111. The van der Waals surface area contributed by atoms with Gasteiger partial charge >= 0.3 is 11.9 Å². The smallest absolute Gasteiger partial charge is 0.344 e. The summed E-state index contributed by atoms with van der Waals surface area (Å²) in [5.41, 5.74) is 29.3. The first-order chi connectivity index (χ1) is 48.0. The van der Waals surface area contributed by atoms with Crippen LogP contribution < -0.4 is 0 Å². The molecule has 0 radical (unpaired) electrons. The Kier molecular flexibility index (Phi) is 26.3. The highest BCUT2D eigenvalue weighted by Crippen LogP contribution is 2.40. The van der Waals surface area contributed by atoms with Gasteiger partial charge in [0.05, 0.1) is 22.3 Å². The van der Waals surface area contributed by atoms with E-state index in [9.17, 15) is 125 Å². The molecule has 0 spiro atoms. The summed E-state index contributed by atoms with van der Waals surface area (Å²) in [7, 11) is 0. The lowest BCUT2D eigenvalue weighted by Gasteiger charge is -2.23. The number of halogens is 24. The van der Waals surface area contributed by atoms with Crippen molar-refractivity contribution in [3.05, 3.63) is 259 Å². The predicted octanol–water partition coefficient (Wildman–Crippen LogP) is 20.8. The van der Waals surface area contributed by atoms with Crippen LogP contribution in [0, 0.1) is 146 Å². The van der Waals surface area contributed by atoms with Crippen molar-refractivity contribution in [2.24, 2.45) is 36.6 Å². The van der Waals surface area contributed by atoms with E-state index < -0.39 is 261 Å². The molecule has 0 bridgehead atoms. The van der Waals surface area contributed by atoms with Crippen LogP contribution in [0.3, 0.4) is 0 Å². The Hall–Kier alpha value is -13.3. The van der Waals surface area contributed by atoms with Crippen molar-refractivity contribution in [1.29, 1.82) is 0 Å². The third kappa shape index (κ3) is 16.3. The van der Waals surface area contributed by atoms with Gasteiger partial charge in [-0.15, -0.1) is 0 Å². The zero-order valence-corrected chi connectivity index (χ0v) is 48.4. The first-order valence-electron chi connectivity index (χ1n) is 25.7. The SMILES string of the molecule is CC1C/C(=C\c2c(F)c(F)c(N=[N+]=[N-])c(F)c2F)C(=O)/C(=C/c2c(F)c(F)c(N=[N+]=[N-])c(F)c2F)C1.[N-]=[N+]=Nc1c(F)c(F)c(/C=C/C(=O)/C=C/c2c(F)c(F)c(N=[N+]=[N-])c(F)c2F)c(F)c1F.[N-]=[N+]=Nc1c(F)c(F)c(C(=O)OCCOC(=O)c2c(F)c(F)c(N=[N+]=[N-])c(F)c2F)c(F)c1F. The van der Waals surface area contributed by atoms with Crippen LogP contribution in [0.2, 0.25) is 0 Å². The number of carbonyl (C=O) groups excluding carboxylic acids is 4. The summed E-state index contributed by atoms with van der Waals surface area (Å²) in [6.07, 6.45) is 1.67. The van der Waals surface area contributed by atoms with Gasteiger partial charge in [0, 0.05) is 40.6 Å². The monoisotopic (exact) mass is 1470 g/mol. The molecule has 48 heteroatoms. The Labute approximate surface area is 543 Å². The van der Waals surface area contributed by atoms with Crippen molar-refractivity contribution in [2.45, 2.75) is 19.8 Å². The Morgan fingerprint density at radius 3 is 0.745 bits per heavy atom. The van der Waals surface area contributed by atoms with Crippen molar-refractivity contribution in [3.8, 4) is 0 Å². The number of carbonyl (C=O) groups is 4. The lowest BCUT2D eigenvalue weighted by Crippen LogP contribution is -2.19. The van der Waals surface area contributed by atoms with E-state index in [0.717, 1.165) is 0 Å². The second kappa shape index (κ2) is 33.8. The van der Waals surface area contributed by atoms with E-state index >= 15 is 0 Å². The summed E-state index contributed by atoms with van der Waals surface area (Å²) in [6.45, 7) is -0.753. The van der Waals surface area contributed by atoms with Crippen LogP contribution in [0.15, 0.2) is 54.0 Å². The standard InChI is InChI=1S/C21H10F8N6O.C17H4F8N6O.C16H4F8N6O4/c1-6-2-7(4-9-11(22)15(26)19(32-34-30)16(27)12(9)23)21(36)8(3-6)5-10-13(24)17(28)20(33-35-31)18(29)14(10)25;18-8-6(9(19)13(23)16(12(8)22)28-30-26)3-1-5(32)2-4-7-10(20)14(24)17(29-31-27)15(25)11(7)21;17-5-3(6(18)10(22)13(9(5)21)27-29-25)15(31)33-1-2-34-16(32)4-7(19)11(23)14(28-30-26)12(24)8(4)20/h4-6H,2-3H2,1H3;1-4H;1-2H2/b7-4+,8-5+;3-1+,4-2+;. The number of ketones is 2. The van der Waals surface area contributed by atoms with Gasteiger partial charge in [-0.3, -0.25) is 9.59 Å². The summed E-state index contributed by atoms with van der Waals surface area (Å²) in [5, 5.41) is 14.8. The number of hydrogen-bond donors (Lipinski definition) is 0. The fourth-order valence-corrected chi connectivity index (χ4v) is 8.10. The van der Waals surface area contributed by atoms with Gasteiger partial charge in [0.15, 0.2) is 151 Å². The molecule has 7 rings (SSSR count). The number of hydrogen-bond acceptors (Lipinski definition) is 12. The Morgan fingerprint density at radius 2 is 0.539 bits per heavy atom. The maximum atomic E-state index is 14.4. The zero-order chi connectivity index (χ0) is 76.8. The molecule has 1 aliphatic rings. The molecule has 102 heavy (non-hydrogen) atoms. The molecule has 0 N–H and O–H groups in total. The third-order valence-corrected chi connectivity index (χ3v) is 12.6. The van der Waals surface area contributed by atoms with Crippen molar-refractivity contribution in [2.75, 3.05) is 13.2 Å². The molecular weight excluding hydrogens is 1450 g/mol.